The average Bonchev–Trinajstić information content (AvgIpc) is 3.32. The van der Waals surface area contributed by atoms with Gasteiger partial charge in [-0.3, -0.25) is 9.59 Å². The van der Waals surface area contributed by atoms with Gasteiger partial charge in [0, 0.05) is 54.3 Å². The Morgan fingerprint density at radius 2 is 1.88 bits per heavy atom. The molecule has 0 saturated carbocycles. The number of nitroso groups, excluding NO2 is 1. The van der Waals surface area contributed by atoms with E-state index in [-0.39, 0.29) is 17.2 Å². The van der Waals surface area contributed by atoms with E-state index >= 15 is 0 Å². The van der Waals surface area contributed by atoms with Gasteiger partial charge in [0.15, 0.2) is 7.05 Å². The van der Waals surface area contributed by atoms with E-state index in [1.54, 1.807) is 4.57 Å². The number of carbonyl (C=O) groups excluding carboxylic acids is 1. The van der Waals surface area contributed by atoms with E-state index in [1.807, 2.05) is 66.5 Å². The highest BCUT2D eigenvalue weighted by atomic mass is 32.1. The minimum Gasteiger partial charge on any atom is -0.362 e. The lowest BCUT2D eigenvalue weighted by Crippen LogP contribution is -2.49. The zero-order chi connectivity index (χ0) is 23.7. The fourth-order valence-corrected chi connectivity index (χ4v) is 5.05. The molecular weight excluding hydrogens is 438 g/mol. The van der Waals surface area contributed by atoms with Crippen molar-refractivity contribution in [2.24, 2.45) is 0 Å². The number of piperazine rings is 1. The third kappa shape index (κ3) is 4.56. The van der Waals surface area contributed by atoms with Crippen LogP contribution >= 0.6 is 11.3 Å². The molecule has 0 N–H and O–H groups in total. The fourth-order valence-electron chi connectivity index (χ4n) is 4.36. The molecule has 0 bridgehead atoms. The van der Waals surface area contributed by atoms with Crippen LogP contribution in [-0.4, -0.2) is 78.9 Å². The highest BCUT2D eigenvalue weighted by Gasteiger charge is 2.32. The number of anilines is 1. The molecule has 1 amide bonds. The van der Waals surface area contributed by atoms with E-state index in [1.165, 1.54) is 18.4 Å². The summed E-state index contributed by atoms with van der Waals surface area (Å²) in [5.41, 5.74) is 2.43. The lowest BCUT2D eigenvalue weighted by Gasteiger charge is -2.36. The summed E-state index contributed by atoms with van der Waals surface area (Å²) in [6, 6.07) is 9.73. The maximum atomic E-state index is 13.5. The Bertz CT molecular complexity index is 1240. The Hall–Kier alpha value is -3.04. The number of fused-ring (bicyclic) bond motifs is 1. The van der Waals surface area contributed by atoms with Crippen LogP contribution in [0.15, 0.2) is 40.5 Å². The van der Waals surface area contributed by atoms with Gasteiger partial charge in [0.25, 0.3) is 5.91 Å². The summed E-state index contributed by atoms with van der Waals surface area (Å²) in [5, 5.41) is 2.80. The Balaban J connectivity index is 1.76. The monoisotopic (exact) mass is 468 g/mol. The van der Waals surface area contributed by atoms with E-state index in [9.17, 15) is 14.5 Å². The number of likely N-dealkylation sites (N-methyl/N-ethyl adjacent to an activating group) is 1. The van der Waals surface area contributed by atoms with Crippen LogP contribution in [0.1, 0.15) is 15.2 Å². The topological polar surface area (TPSA) is 68.9 Å². The normalized spacial score (nSPS) is 14.3. The molecular formula is C24H30N5O3S+. The predicted molar refractivity (Wildman–Crippen MR) is 133 cm³/mol. The molecule has 3 heterocycles. The van der Waals surface area contributed by atoms with Crippen molar-refractivity contribution in [3.8, 4) is 0 Å². The summed E-state index contributed by atoms with van der Waals surface area (Å²) in [5.74, 6) is 0.0330. The lowest BCUT2D eigenvalue weighted by atomic mass is 10.1. The number of benzene rings is 1. The van der Waals surface area contributed by atoms with Crippen LogP contribution in [0.3, 0.4) is 0 Å². The molecule has 174 valence electrons. The largest absolute Gasteiger partial charge is 0.362 e. The first-order valence-electron chi connectivity index (χ1n) is 11.1. The first-order valence-corrected chi connectivity index (χ1v) is 12.0. The standard InChI is InChI=1S/C24H30N5O3S/c1-17-7-8-19-18(16-17)21(22(26(4)32)24(31)29(19)14-9-25(2)3)27-10-12-28(13-11-27)23(30)20-6-5-15-33-20/h5-8,15-16H,9-14H2,1-4H3/q+1. The number of rotatable bonds is 6. The van der Waals surface area contributed by atoms with Crippen LogP contribution in [0.4, 0.5) is 11.4 Å². The third-order valence-corrected chi connectivity index (χ3v) is 6.93. The SMILES string of the molecule is Cc1ccc2c(c1)c(N1CCN(C(=O)c3cccs3)CC1)c([N+](C)=O)c(=O)n2CCN(C)C. The molecule has 0 aliphatic carbocycles. The summed E-state index contributed by atoms with van der Waals surface area (Å²) in [6.07, 6.45) is 0. The average molecular weight is 469 g/mol. The quantitative estimate of drug-likeness (QED) is 0.521. The van der Waals surface area contributed by atoms with Crippen LogP contribution in [-0.2, 0) is 6.54 Å². The highest BCUT2D eigenvalue weighted by Crippen LogP contribution is 2.35. The summed E-state index contributed by atoms with van der Waals surface area (Å²) >= 11 is 1.44. The highest BCUT2D eigenvalue weighted by molar-refractivity contribution is 7.12. The van der Waals surface area contributed by atoms with Gasteiger partial charge in [-0.2, -0.15) is 0 Å². The number of hydrogen-bond acceptors (Lipinski definition) is 6. The van der Waals surface area contributed by atoms with Gasteiger partial charge in [-0.25, -0.2) is 0 Å². The minimum atomic E-state index is -0.280. The summed E-state index contributed by atoms with van der Waals surface area (Å²) in [4.78, 5) is 45.6. The van der Waals surface area contributed by atoms with Crippen molar-refractivity contribution in [2.75, 3.05) is 58.8 Å². The van der Waals surface area contributed by atoms with Crippen molar-refractivity contribution in [1.29, 1.82) is 0 Å². The second-order valence-electron chi connectivity index (χ2n) is 8.73. The van der Waals surface area contributed by atoms with Crippen LogP contribution in [0.25, 0.3) is 10.9 Å². The van der Waals surface area contributed by atoms with Crippen molar-refractivity contribution in [3.05, 3.63) is 61.4 Å². The summed E-state index contributed by atoms with van der Waals surface area (Å²) in [6.45, 7) is 5.38. The number of hydrogen-bond donors (Lipinski definition) is 0. The van der Waals surface area contributed by atoms with Gasteiger partial charge in [-0.15, -0.1) is 11.3 Å². The number of carbonyl (C=O) groups is 1. The number of nitrogens with zero attached hydrogens (tertiary/aromatic N) is 5. The van der Waals surface area contributed by atoms with Crippen molar-refractivity contribution < 1.29 is 9.55 Å². The van der Waals surface area contributed by atoms with Gasteiger partial charge in [-0.1, -0.05) is 17.7 Å². The maximum absolute atomic E-state index is 13.5. The van der Waals surface area contributed by atoms with Gasteiger partial charge < -0.3 is 19.3 Å². The molecule has 1 aliphatic rings. The summed E-state index contributed by atoms with van der Waals surface area (Å²) < 4.78 is 2.40. The molecule has 3 aromatic rings. The number of thiophene rings is 1. The van der Waals surface area contributed by atoms with E-state index in [4.69, 9.17) is 0 Å². The van der Waals surface area contributed by atoms with E-state index in [2.05, 4.69) is 4.90 Å². The zero-order valence-electron chi connectivity index (χ0n) is 19.6. The smallest absolute Gasteiger partial charge is 0.344 e. The maximum Gasteiger partial charge on any atom is 0.344 e. The van der Waals surface area contributed by atoms with Crippen molar-refractivity contribution in [2.45, 2.75) is 13.5 Å². The van der Waals surface area contributed by atoms with Gasteiger partial charge in [0.1, 0.15) is 5.69 Å². The van der Waals surface area contributed by atoms with E-state index in [0.717, 1.165) is 21.3 Å². The molecule has 1 fully saturated rings. The molecule has 1 saturated heterocycles. The second-order valence-corrected chi connectivity index (χ2v) is 9.68. The zero-order valence-corrected chi connectivity index (χ0v) is 20.4. The molecule has 2 aromatic heterocycles. The number of aryl methyl sites for hydroxylation is 1. The Labute approximate surface area is 197 Å². The van der Waals surface area contributed by atoms with Crippen molar-refractivity contribution in [1.82, 2.24) is 14.4 Å². The molecule has 9 heteroatoms. The van der Waals surface area contributed by atoms with Crippen molar-refractivity contribution >= 4 is 39.5 Å². The number of aromatic nitrogens is 1. The molecule has 0 atom stereocenters. The van der Waals surface area contributed by atoms with Gasteiger partial charge >= 0.3 is 11.2 Å². The predicted octanol–water partition coefficient (Wildman–Crippen LogP) is 2.94. The molecule has 0 radical (unpaired) electrons. The van der Waals surface area contributed by atoms with Crippen LogP contribution in [0.5, 0.6) is 0 Å². The number of pyridine rings is 1. The minimum absolute atomic E-state index is 0.0330. The molecule has 1 aromatic carbocycles. The van der Waals surface area contributed by atoms with Crippen LogP contribution < -0.4 is 10.5 Å². The van der Waals surface area contributed by atoms with Crippen LogP contribution in [0, 0.1) is 11.8 Å². The van der Waals surface area contributed by atoms with Gasteiger partial charge in [0.2, 0.25) is 0 Å². The second kappa shape index (κ2) is 9.44. The Kier molecular flexibility index (Phi) is 6.62. The van der Waals surface area contributed by atoms with Gasteiger partial charge in [-0.05, 0) is 44.6 Å². The Morgan fingerprint density at radius 3 is 2.48 bits per heavy atom. The Morgan fingerprint density at radius 1 is 1.15 bits per heavy atom. The third-order valence-electron chi connectivity index (χ3n) is 6.07. The molecule has 1 aliphatic heterocycles. The first-order chi connectivity index (χ1) is 15.8. The molecule has 4 rings (SSSR count). The molecule has 8 nitrogen and oxygen atoms in total. The van der Waals surface area contributed by atoms with Gasteiger partial charge in [0.05, 0.1) is 10.4 Å². The fraction of sp³-hybridized carbons (Fsp3) is 0.417. The van der Waals surface area contributed by atoms with Crippen LogP contribution in [0.2, 0.25) is 0 Å². The molecule has 33 heavy (non-hydrogen) atoms. The first kappa shape index (κ1) is 23.1. The molecule has 0 spiro atoms. The molecule has 0 unspecified atom stereocenters. The number of amides is 1. The summed E-state index contributed by atoms with van der Waals surface area (Å²) in [7, 11) is 5.31. The van der Waals surface area contributed by atoms with E-state index in [0.29, 0.717) is 49.7 Å². The van der Waals surface area contributed by atoms with Crippen molar-refractivity contribution in [3.63, 3.8) is 0 Å². The van der Waals surface area contributed by atoms with E-state index < -0.39 is 0 Å². The lowest BCUT2D eigenvalue weighted by molar-refractivity contribution is -0.428.